The molecule has 0 amide bonds. The van der Waals surface area contributed by atoms with Crippen LogP contribution in [0, 0.1) is 0 Å². The maximum Gasteiger partial charge on any atom is 0.131 e. The van der Waals surface area contributed by atoms with Gasteiger partial charge in [-0.3, -0.25) is 0 Å². The van der Waals surface area contributed by atoms with E-state index in [-0.39, 0.29) is 0 Å². The van der Waals surface area contributed by atoms with Crippen LogP contribution >= 0.6 is 0 Å². The van der Waals surface area contributed by atoms with Gasteiger partial charge in [0.2, 0.25) is 0 Å². The molecule has 0 fully saturated rings. The van der Waals surface area contributed by atoms with Gasteiger partial charge in [-0.05, 0) is 16.7 Å². The number of anilines is 2. The van der Waals surface area contributed by atoms with Crippen LogP contribution in [0.25, 0.3) is 11.1 Å². The van der Waals surface area contributed by atoms with Crippen molar-refractivity contribution < 1.29 is 0 Å². The van der Waals surface area contributed by atoms with Gasteiger partial charge in [0, 0.05) is 12.0 Å². The second-order valence-corrected chi connectivity index (χ2v) is 4.98. The number of pyridine rings is 1. The summed E-state index contributed by atoms with van der Waals surface area (Å²) >= 11 is 0. The maximum absolute atomic E-state index is 6.16. The molecule has 2 aromatic carbocycles. The van der Waals surface area contributed by atoms with E-state index in [0.717, 1.165) is 23.1 Å². The Morgan fingerprint density at radius 3 is 2.10 bits per heavy atom. The first-order valence-electron chi connectivity index (χ1n) is 6.88. The van der Waals surface area contributed by atoms with E-state index in [2.05, 4.69) is 17.1 Å². The van der Waals surface area contributed by atoms with Crippen molar-refractivity contribution in [1.82, 2.24) is 4.98 Å². The van der Waals surface area contributed by atoms with Gasteiger partial charge in [0.1, 0.15) is 5.82 Å². The van der Waals surface area contributed by atoms with Crippen LogP contribution in [0.2, 0.25) is 0 Å². The van der Waals surface area contributed by atoms with E-state index in [1.54, 1.807) is 6.20 Å². The van der Waals surface area contributed by atoms with E-state index in [1.165, 1.54) is 5.56 Å². The molecule has 0 saturated carbocycles. The molecule has 0 radical (unpaired) electrons. The lowest BCUT2D eigenvalue weighted by molar-refractivity contribution is 1.17. The third-order valence-electron chi connectivity index (χ3n) is 3.54. The Hall–Kier alpha value is -2.81. The first-order chi connectivity index (χ1) is 10.3. The number of nitrogens with two attached hydrogens (primary N) is 2. The molecule has 104 valence electrons. The van der Waals surface area contributed by atoms with Gasteiger partial charge in [-0.2, -0.15) is 0 Å². The van der Waals surface area contributed by atoms with Crippen molar-refractivity contribution in [1.29, 1.82) is 0 Å². The third-order valence-corrected chi connectivity index (χ3v) is 3.54. The lowest BCUT2D eigenvalue weighted by Crippen LogP contribution is -2.04. The third kappa shape index (κ3) is 2.72. The summed E-state index contributed by atoms with van der Waals surface area (Å²) in [6, 6.07) is 20.3. The highest BCUT2D eigenvalue weighted by molar-refractivity contribution is 5.81. The first-order valence-corrected chi connectivity index (χ1v) is 6.88. The number of hydrogen-bond acceptors (Lipinski definition) is 3. The van der Waals surface area contributed by atoms with E-state index in [1.807, 2.05) is 48.5 Å². The van der Waals surface area contributed by atoms with Crippen LogP contribution in [0.1, 0.15) is 11.1 Å². The van der Waals surface area contributed by atoms with E-state index < -0.39 is 0 Å². The monoisotopic (exact) mass is 275 g/mol. The van der Waals surface area contributed by atoms with Gasteiger partial charge in [0.05, 0.1) is 11.9 Å². The summed E-state index contributed by atoms with van der Waals surface area (Å²) in [5.74, 6) is 0.515. The standard InChI is InChI=1S/C18H17N3/c19-16-12-21-18(20)17(14-9-5-2-6-10-14)15(16)11-13-7-3-1-4-8-13/h1-10,12H,11,19H2,(H2,20,21). The lowest BCUT2D eigenvalue weighted by atomic mass is 9.94. The second-order valence-electron chi connectivity index (χ2n) is 4.98. The molecule has 0 aliphatic carbocycles. The van der Waals surface area contributed by atoms with Crippen molar-refractivity contribution in [3.05, 3.63) is 78.0 Å². The zero-order chi connectivity index (χ0) is 14.7. The summed E-state index contributed by atoms with van der Waals surface area (Å²) < 4.78 is 0. The molecule has 4 N–H and O–H groups in total. The summed E-state index contributed by atoms with van der Waals surface area (Å²) in [6.07, 6.45) is 2.38. The van der Waals surface area contributed by atoms with Crippen LogP contribution in [0.4, 0.5) is 11.5 Å². The van der Waals surface area contributed by atoms with E-state index in [9.17, 15) is 0 Å². The van der Waals surface area contributed by atoms with Gasteiger partial charge in [-0.25, -0.2) is 4.98 Å². The molecule has 21 heavy (non-hydrogen) atoms. The van der Waals surface area contributed by atoms with Gasteiger partial charge in [-0.1, -0.05) is 60.7 Å². The molecule has 3 aromatic rings. The van der Waals surface area contributed by atoms with Crippen molar-refractivity contribution >= 4 is 11.5 Å². The molecule has 0 spiro atoms. The fourth-order valence-electron chi connectivity index (χ4n) is 2.50. The predicted molar refractivity (Wildman–Crippen MR) is 87.7 cm³/mol. The zero-order valence-corrected chi connectivity index (χ0v) is 11.7. The molecule has 0 saturated heterocycles. The molecule has 1 heterocycles. The highest BCUT2D eigenvalue weighted by Crippen LogP contribution is 2.33. The minimum Gasteiger partial charge on any atom is -0.397 e. The van der Waals surface area contributed by atoms with Crippen molar-refractivity contribution in [3.8, 4) is 11.1 Å². The molecule has 1 aromatic heterocycles. The summed E-state index contributed by atoms with van der Waals surface area (Å²) in [4.78, 5) is 4.21. The van der Waals surface area contributed by atoms with Crippen LogP contribution in [0.5, 0.6) is 0 Å². The predicted octanol–water partition coefficient (Wildman–Crippen LogP) is 3.50. The fourth-order valence-corrected chi connectivity index (χ4v) is 2.50. The minimum absolute atomic E-state index is 0.515. The van der Waals surface area contributed by atoms with Gasteiger partial charge in [0.25, 0.3) is 0 Å². The highest BCUT2D eigenvalue weighted by Gasteiger charge is 2.13. The molecule has 3 rings (SSSR count). The van der Waals surface area contributed by atoms with Crippen molar-refractivity contribution in [2.45, 2.75) is 6.42 Å². The molecule has 0 bridgehead atoms. The average molecular weight is 275 g/mol. The molecular weight excluding hydrogens is 258 g/mol. The van der Waals surface area contributed by atoms with E-state index >= 15 is 0 Å². The topological polar surface area (TPSA) is 64.9 Å². The fraction of sp³-hybridized carbons (Fsp3) is 0.0556. The van der Waals surface area contributed by atoms with Crippen LogP contribution in [0.15, 0.2) is 66.9 Å². The second kappa shape index (κ2) is 5.67. The van der Waals surface area contributed by atoms with Crippen LogP contribution in [0.3, 0.4) is 0 Å². The van der Waals surface area contributed by atoms with Crippen molar-refractivity contribution in [2.24, 2.45) is 0 Å². The molecule has 0 unspecified atom stereocenters. The lowest BCUT2D eigenvalue weighted by Gasteiger charge is -2.14. The quantitative estimate of drug-likeness (QED) is 0.768. The highest BCUT2D eigenvalue weighted by atomic mass is 14.8. The number of nitrogen functional groups attached to an aromatic ring is 2. The Morgan fingerprint density at radius 1 is 0.810 bits per heavy atom. The summed E-state index contributed by atoms with van der Waals surface area (Å²) in [6.45, 7) is 0. The summed E-state index contributed by atoms with van der Waals surface area (Å²) in [7, 11) is 0. The normalized spacial score (nSPS) is 10.5. The maximum atomic E-state index is 6.16. The number of rotatable bonds is 3. The van der Waals surface area contributed by atoms with Crippen LogP contribution in [-0.2, 0) is 6.42 Å². The summed E-state index contributed by atoms with van der Waals surface area (Å²) in [5.41, 5.74) is 17.1. The Morgan fingerprint density at radius 2 is 1.43 bits per heavy atom. The molecule has 3 heteroatoms. The number of hydrogen-bond donors (Lipinski definition) is 2. The summed E-state index contributed by atoms with van der Waals surface area (Å²) in [5, 5.41) is 0. The minimum atomic E-state index is 0.515. The Labute approximate surface area is 124 Å². The van der Waals surface area contributed by atoms with E-state index in [4.69, 9.17) is 11.5 Å². The number of nitrogens with zero attached hydrogens (tertiary/aromatic N) is 1. The number of benzene rings is 2. The van der Waals surface area contributed by atoms with Crippen LogP contribution in [-0.4, -0.2) is 4.98 Å². The van der Waals surface area contributed by atoms with Gasteiger partial charge in [-0.15, -0.1) is 0 Å². The number of aromatic nitrogens is 1. The van der Waals surface area contributed by atoms with Crippen LogP contribution < -0.4 is 11.5 Å². The molecule has 0 aliphatic heterocycles. The Bertz CT molecular complexity index is 737. The largest absolute Gasteiger partial charge is 0.397 e. The zero-order valence-electron chi connectivity index (χ0n) is 11.7. The van der Waals surface area contributed by atoms with Crippen molar-refractivity contribution in [3.63, 3.8) is 0 Å². The smallest absolute Gasteiger partial charge is 0.131 e. The Balaban J connectivity index is 2.13. The van der Waals surface area contributed by atoms with Gasteiger partial charge >= 0.3 is 0 Å². The SMILES string of the molecule is Nc1cnc(N)c(-c2ccccc2)c1Cc1ccccc1. The first kappa shape index (κ1) is 13.2. The molecule has 3 nitrogen and oxygen atoms in total. The Kier molecular flexibility index (Phi) is 3.56. The molecular formula is C18H17N3. The molecule has 0 aliphatic rings. The molecule has 0 atom stereocenters. The van der Waals surface area contributed by atoms with Gasteiger partial charge in [0.15, 0.2) is 0 Å². The van der Waals surface area contributed by atoms with E-state index in [0.29, 0.717) is 11.5 Å². The average Bonchev–Trinajstić information content (AvgIpc) is 2.53. The van der Waals surface area contributed by atoms with Gasteiger partial charge < -0.3 is 11.5 Å². The van der Waals surface area contributed by atoms with Crippen molar-refractivity contribution in [2.75, 3.05) is 11.5 Å².